The first kappa shape index (κ1) is 8.45. The molecule has 0 spiro atoms. The van der Waals surface area contributed by atoms with Gasteiger partial charge < -0.3 is 10.0 Å². The maximum atomic E-state index is 10.2. The first-order valence-corrected chi connectivity index (χ1v) is 3.88. The van der Waals surface area contributed by atoms with Crippen LogP contribution in [0.4, 0.5) is 0 Å². The first-order valence-electron chi connectivity index (χ1n) is 3.14. The van der Waals surface area contributed by atoms with E-state index in [1.807, 2.05) is 0 Å². The Morgan fingerprint density at radius 1 is 1.45 bits per heavy atom. The van der Waals surface area contributed by atoms with E-state index < -0.39 is 7.12 Å². The van der Waals surface area contributed by atoms with E-state index in [4.69, 9.17) is 10.0 Å². The van der Waals surface area contributed by atoms with Crippen molar-refractivity contribution in [1.82, 2.24) is 0 Å². The molecule has 1 aliphatic rings. The lowest BCUT2D eigenvalue weighted by molar-refractivity contribution is 0.420. The van der Waals surface area contributed by atoms with Crippen LogP contribution in [0.25, 0.3) is 0 Å². The number of rotatable bonds is 1. The molecule has 0 aromatic heterocycles. The Labute approximate surface area is 68.3 Å². The normalized spacial score (nSPS) is 16.2. The predicted molar refractivity (Wildman–Crippen MR) is 45.2 cm³/mol. The van der Waals surface area contributed by atoms with E-state index in [0.717, 1.165) is 0 Å². The van der Waals surface area contributed by atoms with Gasteiger partial charge in [0, 0.05) is 11.3 Å². The van der Waals surface area contributed by atoms with Gasteiger partial charge in [0.1, 0.15) is 0 Å². The average Bonchev–Trinajstić information content (AvgIpc) is 2.05. The van der Waals surface area contributed by atoms with E-state index in [0.29, 0.717) is 28.0 Å². The quantitative estimate of drug-likeness (QED) is 0.403. The van der Waals surface area contributed by atoms with Gasteiger partial charge in [-0.25, -0.2) is 4.21 Å². The summed E-state index contributed by atoms with van der Waals surface area (Å²) in [5, 5.41) is 17.4. The van der Waals surface area contributed by atoms with Crippen molar-refractivity contribution < 1.29 is 14.3 Å². The van der Waals surface area contributed by atoms with Gasteiger partial charge in [-0.1, -0.05) is 12.2 Å². The third kappa shape index (κ3) is 2.15. The molecule has 0 unspecified atom stereocenters. The molecule has 0 atom stereocenters. The molecule has 58 valence electrons. The van der Waals surface area contributed by atoms with Gasteiger partial charge in [0.15, 0.2) is 0 Å². The molecule has 2 N–H and O–H groups in total. The minimum atomic E-state index is -1.43. The van der Waals surface area contributed by atoms with Crippen LogP contribution in [0.3, 0.4) is 0 Å². The van der Waals surface area contributed by atoms with Crippen molar-refractivity contribution >= 4 is 23.2 Å². The molecular weight excluding hydrogens is 163 g/mol. The van der Waals surface area contributed by atoms with Crippen LogP contribution < -0.4 is 0 Å². The van der Waals surface area contributed by atoms with E-state index in [1.165, 1.54) is 6.08 Å². The summed E-state index contributed by atoms with van der Waals surface area (Å²) in [7, 11) is -1.43. The molecule has 0 aromatic rings. The fourth-order valence-corrected chi connectivity index (χ4v) is 1.07. The molecule has 3 nitrogen and oxygen atoms in total. The summed E-state index contributed by atoms with van der Waals surface area (Å²) in [6.45, 7) is 0. The standard InChI is InChI=1S/C6H7BO3S/c8-7(9)5-1-3-6(11-10)4-2-5/h1-3,8-9H,4H2. The van der Waals surface area contributed by atoms with E-state index in [1.54, 1.807) is 12.2 Å². The van der Waals surface area contributed by atoms with Crippen LogP contribution in [0.1, 0.15) is 6.42 Å². The maximum Gasteiger partial charge on any atom is 0.488 e. The molecule has 1 rings (SSSR count). The largest absolute Gasteiger partial charge is 0.488 e. The second-order valence-corrected chi connectivity index (χ2v) is 2.86. The number of hydrogen-bond donors (Lipinski definition) is 2. The van der Waals surface area contributed by atoms with Crippen LogP contribution in [0.15, 0.2) is 23.7 Å². The van der Waals surface area contributed by atoms with Crippen molar-refractivity contribution in [3.05, 3.63) is 23.7 Å². The molecule has 0 saturated heterocycles. The summed E-state index contributed by atoms with van der Waals surface area (Å²) in [6, 6.07) is 0. The van der Waals surface area contributed by atoms with Gasteiger partial charge in [0.05, 0.1) is 11.3 Å². The lowest BCUT2D eigenvalue weighted by atomic mass is 9.77. The van der Waals surface area contributed by atoms with Crippen LogP contribution >= 0.6 is 0 Å². The topological polar surface area (TPSA) is 57.5 Å². The van der Waals surface area contributed by atoms with E-state index in [-0.39, 0.29) is 0 Å². The highest BCUT2D eigenvalue weighted by Gasteiger charge is 2.13. The molecule has 0 radical (unpaired) electrons. The molecule has 0 aromatic carbocycles. The zero-order valence-corrected chi connectivity index (χ0v) is 6.54. The third-order valence-electron chi connectivity index (χ3n) is 1.41. The van der Waals surface area contributed by atoms with Gasteiger partial charge in [-0.15, -0.1) is 0 Å². The Morgan fingerprint density at radius 2 is 2.18 bits per heavy atom. The van der Waals surface area contributed by atoms with Crippen molar-refractivity contribution in [1.29, 1.82) is 0 Å². The first-order chi connectivity index (χ1) is 5.24. The van der Waals surface area contributed by atoms with Crippen LogP contribution in [0, 0.1) is 0 Å². The molecule has 0 bridgehead atoms. The second kappa shape index (κ2) is 3.66. The van der Waals surface area contributed by atoms with E-state index >= 15 is 0 Å². The molecule has 0 heterocycles. The van der Waals surface area contributed by atoms with Crippen molar-refractivity contribution in [2.75, 3.05) is 0 Å². The summed E-state index contributed by atoms with van der Waals surface area (Å²) in [5.74, 6) is 0. The highest BCUT2D eigenvalue weighted by atomic mass is 32.1. The summed E-state index contributed by atoms with van der Waals surface area (Å²) >= 11 is 0.432. The minimum Gasteiger partial charge on any atom is -0.423 e. The van der Waals surface area contributed by atoms with E-state index in [2.05, 4.69) is 0 Å². The predicted octanol–water partition coefficient (Wildman–Crippen LogP) is -0.730. The highest BCUT2D eigenvalue weighted by molar-refractivity contribution is 7.66. The Kier molecular flexibility index (Phi) is 2.81. The van der Waals surface area contributed by atoms with Crippen molar-refractivity contribution in [2.24, 2.45) is 0 Å². The fraction of sp³-hybridized carbons (Fsp3) is 0.167. The summed E-state index contributed by atoms with van der Waals surface area (Å²) in [4.78, 5) is 0.689. The van der Waals surface area contributed by atoms with Gasteiger partial charge in [0.25, 0.3) is 0 Å². The molecule has 1 aliphatic carbocycles. The van der Waals surface area contributed by atoms with E-state index in [9.17, 15) is 4.21 Å². The smallest absolute Gasteiger partial charge is 0.423 e. The Bertz CT molecular complexity index is 263. The van der Waals surface area contributed by atoms with Gasteiger partial charge in [-0.3, -0.25) is 0 Å². The second-order valence-electron chi connectivity index (χ2n) is 2.16. The SMILES string of the molecule is O=S=C1C=CC(B(O)O)=CC1. The third-order valence-corrected chi connectivity index (χ3v) is 1.92. The van der Waals surface area contributed by atoms with Crippen molar-refractivity contribution in [3.8, 4) is 0 Å². The van der Waals surface area contributed by atoms with Crippen LogP contribution in [-0.4, -0.2) is 26.2 Å². The molecule has 5 heteroatoms. The molecule has 0 fully saturated rings. The monoisotopic (exact) mass is 170 g/mol. The van der Waals surface area contributed by atoms with Crippen LogP contribution in [-0.2, 0) is 11.3 Å². The lowest BCUT2D eigenvalue weighted by Crippen LogP contribution is -2.16. The molecule has 11 heavy (non-hydrogen) atoms. The Hall–Kier alpha value is -0.645. The molecule has 0 saturated carbocycles. The van der Waals surface area contributed by atoms with Crippen molar-refractivity contribution in [3.63, 3.8) is 0 Å². The number of allylic oxidation sites excluding steroid dienone is 4. The average molecular weight is 170 g/mol. The zero-order valence-electron chi connectivity index (χ0n) is 5.73. The maximum absolute atomic E-state index is 10.2. The van der Waals surface area contributed by atoms with Gasteiger partial charge in [-0.2, -0.15) is 0 Å². The van der Waals surface area contributed by atoms with Crippen molar-refractivity contribution in [2.45, 2.75) is 6.42 Å². The summed E-state index contributed by atoms with van der Waals surface area (Å²) in [5.41, 5.74) is 0.447. The van der Waals surface area contributed by atoms with Gasteiger partial charge in [0.2, 0.25) is 0 Å². The van der Waals surface area contributed by atoms with Crippen LogP contribution in [0.5, 0.6) is 0 Å². The molecule has 0 aliphatic heterocycles. The van der Waals surface area contributed by atoms with Crippen LogP contribution in [0.2, 0.25) is 0 Å². The lowest BCUT2D eigenvalue weighted by Gasteiger charge is -2.04. The minimum absolute atomic E-state index is 0.432. The zero-order chi connectivity index (χ0) is 8.27. The Balaban J connectivity index is 2.75. The highest BCUT2D eigenvalue weighted by Crippen LogP contribution is 2.07. The molecule has 0 amide bonds. The molecular formula is C6H7BO3S. The fourth-order valence-electron chi connectivity index (χ4n) is 0.797. The summed E-state index contributed by atoms with van der Waals surface area (Å²) < 4.78 is 10.2. The Morgan fingerprint density at radius 3 is 2.55 bits per heavy atom. The number of hydrogen-bond acceptors (Lipinski definition) is 3. The van der Waals surface area contributed by atoms with Gasteiger partial charge >= 0.3 is 7.12 Å². The van der Waals surface area contributed by atoms with Gasteiger partial charge in [-0.05, 0) is 11.5 Å². The summed E-state index contributed by atoms with van der Waals surface area (Å²) in [6.07, 6.45) is 5.27.